The van der Waals surface area contributed by atoms with Crippen LogP contribution in [0, 0.1) is 5.92 Å². The third kappa shape index (κ3) is 5.85. The van der Waals surface area contributed by atoms with E-state index in [2.05, 4.69) is 38.5 Å². The van der Waals surface area contributed by atoms with Crippen LogP contribution in [0.3, 0.4) is 0 Å². The Morgan fingerprint density at radius 3 is 2.72 bits per heavy atom. The van der Waals surface area contributed by atoms with E-state index in [0.717, 1.165) is 69.7 Å². The maximum absolute atomic E-state index is 12.7. The van der Waals surface area contributed by atoms with Crippen LogP contribution < -0.4 is 5.32 Å². The van der Waals surface area contributed by atoms with E-state index in [1.54, 1.807) is 0 Å². The molecule has 1 aromatic heterocycles. The molecule has 1 aromatic carbocycles. The number of hydrogen-bond donors (Lipinski definition) is 1. The van der Waals surface area contributed by atoms with Crippen LogP contribution in [0.1, 0.15) is 41.4 Å². The highest BCUT2D eigenvalue weighted by Crippen LogP contribution is 2.21. The minimum atomic E-state index is -0.0958. The van der Waals surface area contributed by atoms with Gasteiger partial charge in [-0.05, 0) is 49.5 Å². The Kier molecular flexibility index (Phi) is 6.92. The molecule has 0 bridgehead atoms. The molecule has 1 amide bonds. The normalized spacial score (nSPS) is 19.3. The van der Waals surface area contributed by atoms with Gasteiger partial charge in [-0.3, -0.25) is 19.9 Å². The maximum atomic E-state index is 12.7. The average molecular weight is 415 g/mol. The molecule has 29 heavy (non-hydrogen) atoms. The molecule has 2 fully saturated rings. The number of piperidine rings is 1. The summed E-state index contributed by atoms with van der Waals surface area (Å²) in [7, 11) is 0. The molecule has 2 aromatic rings. The van der Waals surface area contributed by atoms with Gasteiger partial charge >= 0.3 is 0 Å². The summed E-state index contributed by atoms with van der Waals surface area (Å²) in [6, 6.07) is 7.87. The van der Waals surface area contributed by atoms with Crippen molar-refractivity contribution in [1.29, 1.82) is 0 Å². The van der Waals surface area contributed by atoms with Gasteiger partial charge < -0.3 is 4.74 Å². The Labute approximate surface area is 176 Å². The second-order valence-corrected chi connectivity index (χ2v) is 9.00. The Balaban J connectivity index is 1.32. The molecular weight excluding hydrogens is 384 g/mol. The topological polar surface area (TPSA) is 57.7 Å². The molecule has 1 N–H and O–H groups in total. The van der Waals surface area contributed by atoms with Crippen LogP contribution in [0.25, 0.3) is 0 Å². The molecule has 2 aliphatic rings. The van der Waals surface area contributed by atoms with Crippen LogP contribution in [0.5, 0.6) is 0 Å². The second kappa shape index (κ2) is 9.80. The molecule has 0 atom stereocenters. The lowest BCUT2D eigenvalue weighted by Crippen LogP contribution is -2.35. The van der Waals surface area contributed by atoms with Gasteiger partial charge in [0.15, 0.2) is 5.13 Å². The number of likely N-dealkylation sites (tertiary alicyclic amines) is 1. The number of carbonyl (C=O) groups excluding carboxylic acids is 1. The molecule has 156 valence electrons. The Morgan fingerprint density at radius 1 is 1.17 bits per heavy atom. The summed E-state index contributed by atoms with van der Waals surface area (Å²) in [5, 5.41) is 5.70. The Morgan fingerprint density at radius 2 is 1.93 bits per heavy atom. The van der Waals surface area contributed by atoms with Crippen molar-refractivity contribution >= 4 is 22.4 Å². The SMILES string of the molecule is CC1CCN(Cc2csc(NC(=O)c3cccc(CN4CCOCC4)c3)n2)CC1. The van der Waals surface area contributed by atoms with Gasteiger partial charge in [0.1, 0.15) is 0 Å². The van der Waals surface area contributed by atoms with Crippen LogP contribution in [-0.4, -0.2) is 60.1 Å². The van der Waals surface area contributed by atoms with Gasteiger partial charge in [0.05, 0.1) is 18.9 Å². The second-order valence-electron chi connectivity index (χ2n) is 8.15. The fourth-order valence-electron chi connectivity index (χ4n) is 3.88. The summed E-state index contributed by atoms with van der Waals surface area (Å²) in [6.07, 6.45) is 2.52. The molecule has 6 nitrogen and oxygen atoms in total. The summed E-state index contributed by atoms with van der Waals surface area (Å²) in [5.41, 5.74) is 2.87. The molecule has 0 saturated carbocycles. The fourth-order valence-corrected chi connectivity index (χ4v) is 4.58. The van der Waals surface area contributed by atoms with E-state index in [4.69, 9.17) is 4.74 Å². The zero-order chi connectivity index (χ0) is 20.1. The van der Waals surface area contributed by atoms with Crippen LogP contribution >= 0.6 is 11.3 Å². The number of ether oxygens (including phenoxy) is 1. The lowest BCUT2D eigenvalue weighted by atomic mass is 9.99. The van der Waals surface area contributed by atoms with Crippen LogP contribution in [0.15, 0.2) is 29.6 Å². The predicted molar refractivity (Wildman–Crippen MR) is 116 cm³/mol. The summed E-state index contributed by atoms with van der Waals surface area (Å²) in [6.45, 7) is 9.75. The molecule has 0 aliphatic carbocycles. The Bertz CT molecular complexity index is 811. The van der Waals surface area contributed by atoms with Gasteiger partial charge in [0.25, 0.3) is 5.91 Å². The smallest absolute Gasteiger partial charge is 0.257 e. The molecule has 4 rings (SSSR count). The van der Waals surface area contributed by atoms with E-state index in [-0.39, 0.29) is 5.91 Å². The van der Waals surface area contributed by atoms with Gasteiger partial charge in [0.2, 0.25) is 0 Å². The molecule has 0 unspecified atom stereocenters. The molecule has 0 radical (unpaired) electrons. The first-order valence-electron chi connectivity index (χ1n) is 10.5. The first kappa shape index (κ1) is 20.5. The number of carbonyl (C=O) groups is 1. The van der Waals surface area contributed by atoms with E-state index in [9.17, 15) is 4.79 Å². The van der Waals surface area contributed by atoms with Crippen molar-refractivity contribution in [2.45, 2.75) is 32.9 Å². The summed E-state index contributed by atoms with van der Waals surface area (Å²) in [4.78, 5) is 22.1. The van der Waals surface area contributed by atoms with Crippen LogP contribution in [-0.2, 0) is 17.8 Å². The van der Waals surface area contributed by atoms with Crippen molar-refractivity contribution in [3.05, 3.63) is 46.5 Å². The van der Waals surface area contributed by atoms with Crippen LogP contribution in [0.4, 0.5) is 5.13 Å². The number of thiazole rings is 1. The zero-order valence-corrected chi connectivity index (χ0v) is 17.9. The van der Waals surface area contributed by atoms with E-state index in [0.29, 0.717) is 10.7 Å². The highest BCUT2D eigenvalue weighted by Gasteiger charge is 2.17. The van der Waals surface area contributed by atoms with E-state index in [1.165, 1.54) is 24.2 Å². The van der Waals surface area contributed by atoms with Gasteiger partial charge in [-0.1, -0.05) is 19.1 Å². The van der Waals surface area contributed by atoms with Gasteiger partial charge in [0, 0.05) is 37.1 Å². The molecule has 7 heteroatoms. The van der Waals surface area contributed by atoms with E-state index < -0.39 is 0 Å². The number of aromatic nitrogens is 1. The molecule has 3 heterocycles. The summed E-state index contributed by atoms with van der Waals surface area (Å²) < 4.78 is 5.41. The number of hydrogen-bond acceptors (Lipinski definition) is 6. The van der Waals surface area contributed by atoms with Gasteiger partial charge in [-0.2, -0.15) is 0 Å². The third-order valence-corrected chi connectivity index (χ3v) is 6.54. The van der Waals surface area contributed by atoms with Crippen molar-refractivity contribution in [3.63, 3.8) is 0 Å². The standard InChI is InChI=1S/C22H30N4O2S/c1-17-5-7-25(8-6-17)15-20-16-29-22(23-20)24-21(27)19-4-2-3-18(13-19)14-26-9-11-28-12-10-26/h2-4,13,16-17H,5-12,14-15H2,1H3,(H,23,24,27). The third-order valence-electron chi connectivity index (χ3n) is 5.73. The summed E-state index contributed by atoms with van der Waals surface area (Å²) >= 11 is 1.50. The predicted octanol–water partition coefficient (Wildman–Crippen LogP) is 3.46. The lowest BCUT2D eigenvalue weighted by Gasteiger charge is -2.29. The number of morpholine rings is 1. The minimum absolute atomic E-state index is 0.0958. The average Bonchev–Trinajstić information content (AvgIpc) is 3.17. The van der Waals surface area contributed by atoms with Crippen molar-refractivity contribution in [2.75, 3.05) is 44.7 Å². The highest BCUT2D eigenvalue weighted by atomic mass is 32.1. The number of rotatable bonds is 6. The number of anilines is 1. The molecule has 0 spiro atoms. The number of benzene rings is 1. The maximum Gasteiger partial charge on any atom is 0.257 e. The largest absolute Gasteiger partial charge is 0.379 e. The van der Waals surface area contributed by atoms with E-state index in [1.807, 2.05) is 18.2 Å². The van der Waals surface area contributed by atoms with Crippen molar-refractivity contribution in [1.82, 2.24) is 14.8 Å². The first-order chi connectivity index (χ1) is 14.2. The number of nitrogens with zero attached hydrogens (tertiary/aromatic N) is 3. The minimum Gasteiger partial charge on any atom is -0.379 e. The molecule has 2 saturated heterocycles. The first-order valence-corrected chi connectivity index (χ1v) is 11.4. The van der Waals surface area contributed by atoms with E-state index >= 15 is 0 Å². The monoisotopic (exact) mass is 414 g/mol. The zero-order valence-electron chi connectivity index (χ0n) is 17.1. The van der Waals surface area contributed by atoms with Gasteiger partial charge in [-0.25, -0.2) is 4.98 Å². The van der Waals surface area contributed by atoms with Crippen molar-refractivity contribution < 1.29 is 9.53 Å². The quantitative estimate of drug-likeness (QED) is 0.785. The molecule has 2 aliphatic heterocycles. The number of amides is 1. The lowest BCUT2D eigenvalue weighted by molar-refractivity contribution is 0.0342. The van der Waals surface area contributed by atoms with Crippen molar-refractivity contribution in [3.8, 4) is 0 Å². The van der Waals surface area contributed by atoms with Crippen LogP contribution in [0.2, 0.25) is 0 Å². The Hall–Kier alpha value is -1.80. The number of nitrogens with one attached hydrogen (secondary N) is 1. The fraction of sp³-hybridized carbons (Fsp3) is 0.545. The van der Waals surface area contributed by atoms with Gasteiger partial charge in [-0.15, -0.1) is 11.3 Å². The van der Waals surface area contributed by atoms with Crippen molar-refractivity contribution in [2.24, 2.45) is 5.92 Å². The highest BCUT2D eigenvalue weighted by molar-refractivity contribution is 7.13. The molecular formula is C22H30N4O2S. The summed E-state index contributed by atoms with van der Waals surface area (Å²) in [5.74, 6) is 0.733.